The van der Waals surface area contributed by atoms with Gasteiger partial charge in [-0.05, 0) is 59.2 Å². The van der Waals surface area contributed by atoms with Crippen LogP contribution < -0.4 is 5.73 Å². The van der Waals surface area contributed by atoms with Gasteiger partial charge in [-0.3, -0.25) is 0 Å². The molecule has 3 nitrogen and oxygen atoms in total. The molecule has 1 aromatic carbocycles. The van der Waals surface area contributed by atoms with Gasteiger partial charge in [0.15, 0.2) is 0 Å². The van der Waals surface area contributed by atoms with E-state index < -0.39 is 9.84 Å². The molecule has 0 aliphatic carbocycles. The lowest BCUT2D eigenvalue weighted by Crippen LogP contribution is -2.15. The molecule has 6 heteroatoms. The highest BCUT2D eigenvalue weighted by atomic mass is 127. The van der Waals surface area contributed by atoms with E-state index in [2.05, 4.69) is 22.6 Å². The largest absolute Gasteiger partial charge is 0.324 e. The maximum absolute atomic E-state index is 11.4. The van der Waals surface area contributed by atoms with Crippen LogP contribution in [0.15, 0.2) is 18.2 Å². The first-order valence-corrected chi connectivity index (χ1v) is 9.04. The normalized spacial score (nSPS) is 13.6. The van der Waals surface area contributed by atoms with Gasteiger partial charge in [0, 0.05) is 20.4 Å². The number of nitrogens with two attached hydrogens (primary N) is 1. The van der Waals surface area contributed by atoms with Crippen molar-refractivity contribution in [1.29, 1.82) is 0 Å². The van der Waals surface area contributed by atoms with E-state index in [9.17, 15) is 8.42 Å². The van der Waals surface area contributed by atoms with Crippen molar-refractivity contribution in [2.24, 2.45) is 5.73 Å². The van der Waals surface area contributed by atoms with Gasteiger partial charge in [0.2, 0.25) is 0 Å². The van der Waals surface area contributed by atoms with Crippen LogP contribution in [0.4, 0.5) is 0 Å². The Bertz CT molecular complexity index is 505. The van der Waals surface area contributed by atoms with Crippen LogP contribution in [0, 0.1) is 3.57 Å². The monoisotopic (exact) mass is 401 g/mol. The lowest BCUT2D eigenvalue weighted by atomic mass is 10.0. The summed E-state index contributed by atoms with van der Waals surface area (Å²) in [4.78, 5) is 0. The zero-order valence-corrected chi connectivity index (χ0v) is 13.9. The quantitative estimate of drug-likeness (QED) is 0.745. The van der Waals surface area contributed by atoms with Crippen LogP contribution in [0.5, 0.6) is 0 Å². The lowest BCUT2D eigenvalue weighted by Gasteiger charge is -2.14. The van der Waals surface area contributed by atoms with E-state index in [1.807, 2.05) is 18.2 Å². The minimum atomic E-state index is -2.90. The molecule has 1 rings (SSSR count). The van der Waals surface area contributed by atoms with Crippen LogP contribution in [0.3, 0.4) is 0 Å². The first kappa shape index (κ1) is 16.2. The van der Waals surface area contributed by atoms with Crippen molar-refractivity contribution in [2.45, 2.75) is 25.8 Å². The number of hydrogen-bond donors (Lipinski definition) is 1. The first-order chi connectivity index (χ1) is 8.35. The first-order valence-electron chi connectivity index (χ1n) is 5.76. The topological polar surface area (TPSA) is 60.2 Å². The minimum absolute atomic E-state index is 0.164. The highest BCUT2D eigenvalue weighted by Gasteiger charge is 2.13. The second kappa shape index (κ2) is 7.07. The Kier molecular flexibility index (Phi) is 6.37. The van der Waals surface area contributed by atoms with Crippen LogP contribution in [0.25, 0.3) is 0 Å². The number of rotatable bonds is 6. The van der Waals surface area contributed by atoms with Crippen LogP contribution in [0.2, 0.25) is 5.02 Å². The second-order valence-corrected chi connectivity index (χ2v) is 8.22. The Morgan fingerprint density at radius 2 is 2.11 bits per heavy atom. The summed E-state index contributed by atoms with van der Waals surface area (Å²) in [7, 11) is -2.90. The molecule has 0 saturated heterocycles. The van der Waals surface area contributed by atoms with Crippen molar-refractivity contribution < 1.29 is 8.42 Å². The van der Waals surface area contributed by atoms with Crippen molar-refractivity contribution in [1.82, 2.24) is 0 Å². The number of halogens is 2. The summed E-state index contributed by atoms with van der Waals surface area (Å²) in [5.74, 6) is 0.394. The van der Waals surface area contributed by atoms with E-state index in [1.54, 1.807) is 6.92 Å². The molecular formula is C12H17ClINO2S. The standard InChI is InChI=1S/C12H17ClINO2S/c1-2-18(16,17)7-3-4-12(15)10-8-9(13)5-6-11(10)14/h5-6,8,12H,2-4,7,15H2,1H3. The summed E-state index contributed by atoms with van der Waals surface area (Å²) in [6.45, 7) is 1.66. The molecule has 18 heavy (non-hydrogen) atoms. The Labute approximate surface area is 127 Å². The SMILES string of the molecule is CCS(=O)(=O)CCCC(N)c1cc(Cl)ccc1I. The van der Waals surface area contributed by atoms with Crippen molar-refractivity contribution in [2.75, 3.05) is 11.5 Å². The molecule has 1 atom stereocenters. The van der Waals surface area contributed by atoms with E-state index in [0.717, 1.165) is 9.13 Å². The van der Waals surface area contributed by atoms with Gasteiger partial charge < -0.3 is 5.73 Å². The predicted octanol–water partition coefficient (Wildman–Crippen LogP) is 3.16. The molecule has 0 heterocycles. The van der Waals surface area contributed by atoms with Gasteiger partial charge in [0.05, 0.1) is 5.75 Å². The third-order valence-corrected chi connectivity index (χ3v) is 5.78. The molecule has 0 aromatic heterocycles. The molecule has 0 spiro atoms. The van der Waals surface area contributed by atoms with Crippen LogP contribution in [0.1, 0.15) is 31.4 Å². The number of hydrogen-bond acceptors (Lipinski definition) is 3. The van der Waals surface area contributed by atoms with Crippen molar-refractivity contribution in [3.8, 4) is 0 Å². The Balaban J connectivity index is 2.61. The van der Waals surface area contributed by atoms with Gasteiger partial charge in [-0.15, -0.1) is 0 Å². The van der Waals surface area contributed by atoms with E-state index in [4.69, 9.17) is 17.3 Å². The summed E-state index contributed by atoms with van der Waals surface area (Å²) in [5.41, 5.74) is 7.06. The molecule has 1 aromatic rings. The third-order valence-electron chi connectivity index (χ3n) is 2.77. The Hall–Kier alpha value is 0.150. The summed E-state index contributed by atoms with van der Waals surface area (Å²) in [6, 6.07) is 5.42. The molecule has 0 aliphatic rings. The molecule has 102 valence electrons. The van der Waals surface area contributed by atoms with Gasteiger partial charge in [-0.25, -0.2) is 8.42 Å². The van der Waals surface area contributed by atoms with Gasteiger partial charge in [0.1, 0.15) is 9.84 Å². The second-order valence-electron chi connectivity index (χ2n) is 4.15. The van der Waals surface area contributed by atoms with Gasteiger partial charge in [-0.1, -0.05) is 18.5 Å². The summed E-state index contributed by atoms with van der Waals surface area (Å²) >= 11 is 8.15. The fourth-order valence-corrected chi connectivity index (χ4v) is 3.43. The van der Waals surface area contributed by atoms with E-state index in [0.29, 0.717) is 17.9 Å². The fraction of sp³-hybridized carbons (Fsp3) is 0.500. The maximum Gasteiger partial charge on any atom is 0.150 e. The van der Waals surface area contributed by atoms with Gasteiger partial charge in [0.25, 0.3) is 0 Å². The molecule has 0 amide bonds. The van der Waals surface area contributed by atoms with Gasteiger partial charge in [-0.2, -0.15) is 0 Å². The molecule has 0 bridgehead atoms. The van der Waals surface area contributed by atoms with Gasteiger partial charge >= 0.3 is 0 Å². The number of benzene rings is 1. The highest BCUT2D eigenvalue weighted by Crippen LogP contribution is 2.25. The lowest BCUT2D eigenvalue weighted by molar-refractivity contribution is 0.583. The van der Waals surface area contributed by atoms with Crippen molar-refractivity contribution in [3.63, 3.8) is 0 Å². The predicted molar refractivity (Wildman–Crippen MR) is 84.7 cm³/mol. The Morgan fingerprint density at radius 1 is 1.44 bits per heavy atom. The Morgan fingerprint density at radius 3 is 2.72 bits per heavy atom. The molecule has 0 fully saturated rings. The van der Waals surface area contributed by atoms with Crippen LogP contribution in [-0.2, 0) is 9.84 Å². The molecule has 0 saturated carbocycles. The summed E-state index contributed by atoms with van der Waals surface area (Å²) in [5, 5.41) is 0.655. The average Bonchev–Trinajstić information content (AvgIpc) is 2.32. The van der Waals surface area contributed by atoms with Crippen LogP contribution >= 0.6 is 34.2 Å². The van der Waals surface area contributed by atoms with Crippen molar-refractivity contribution >= 4 is 44.0 Å². The summed E-state index contributed by atoms with van der Waals surface area (Å²) < 4.78 is 23.8. The maximum atomic E-state index is 11.4. The smallest absolute Gasteiger partial charge is 0.150 e. The van der Waals surface area contributed by atoms with E-state index in [-0.39, 0.29) is 17.5 Å². The fourth-order valence-electron chi connectivity index (χ4n) is 1.62. The highest BCUT2D eigenvalue weighted by molar-refractivity contribution is 14.1. The molecule has 1 unspecified atom stereocenters. The molecule has 2 N–H and O–H groups in total. The molecule has 0 aliphatic heterocycles. The van der Waals surface area contributed by atoms with E-state index in [1.165, 1.54) is 0 Å². The average molecular weight is 402 g/mol. The van der Waals surface area contributed by atoms with Crippen molar-refractivity contribution in [3.05, 3.63) is 32.4 Å². The minimum Gasteiger partial charge on any atom is -0.324 e. The zero-order chi connectivity index (χ0) is 13.8. The van der Waals surface area contributed by atoms with Crippen LogP contribution in [-0.4, -0.2) is 19.9 Å². The summed E-state index contributed by atoms with van der Waals surface area (Å²) in [6.07, 6.45) is 1.23. The van der Waals surface area contributed by atoms with E-state index >= 15 is 0 Å². The number of sulfone groups is 1. The molecule has 0 radical (unpaired) electrons. The third kappa shape index (κ3) is 5.03. The zero-order valence-electron chi connectivity index (χ0n) is 10.2. The molecular weight excluding hydrogens is 385 g/mol.